The first-order valence-electron chi connectivity index (χ1n) is 10.2. The highest BCUT2D eigenvalue weighted by atomic mass is 16.5. The summed E-state index contributed by atoms with van der Waals surface area (Å²) in [6.45, 7) is 1.10. The third kappa shape index (κ3) is 5.04. The molecule has 0 atom stereocenters. The highest BCUT2D eigenvalue weighted by molar-refractivity contribution is 5.96. The van der Waals surface area contributed by atoms with E-state index in [2.05, 4.69) is 15.6 Å². The van der Waals surface area contributed by atoms with Gasteiger partial charge in [-0.05, 0) is 61.9 Å². The number of aromatic nitrogens is 1. The molecule has 1 saturated heterocycles. The fourth-order valence-electron chi connectivity index (χ4n) is 3.83. The van der Waals surface area contributed by atoms with E-state index in [1.165, 1.54) is 12.8 Å². The van der Waals surface area contributed by atoms with Crippen LogP contribution in [-0.4, -0.2) is 29.6 Å². The number of anilines is 2. The Morgan fingerprint density at radius 3 is 2.83 bits per heavy atom. The van der Waals surface area contributed by atoms with Gasteiger partial charge in [0.25, 0.3) is 0 Å². The van der Waals surface area contributed by atoms with Crippen LogP contribution in [0.15, 0.2) is 42.6 Å². The molecular weight excluding hydrogens is 368 g/mol. The van der Waals surface area contributed by atoms with Crippen molar-refractivity contribution in [3.63, 3.8) is 0 Å². The van der Waals surface area contributed by atoms with Gasteiger partial charge in [-0.15, -0.1) is 0 Å². The summed E-state index contributed by atoms with van der Waals surface area (Å²) in [4.78, 5) is 30.2. The lowest BCUT2D eigenvalue weighted by molar-refractivity contribution is -0.117. The summed E-state index contributed by atoms with van der Waals surface area (Å²) < 4.78 is 5.92. The van der Waals surface area contributed by atoms with Crippen LogP contribution in [0.2, 0.25) is 0 Å². The summed E-state index contributed by atoms with van der Waals surface area (Å²) in [7, 11) is 0. The van der Waals surface area contributed by atoms with E-state index in [9.17, 15) is 9.59 Å². The minimum atomic E-state index is -0.301. The van der Waals surface area contributed by atoms with Gasteiger partial charge in [-0.2, -0.15) is 0 Å². The number of benzene rings is 1. The SMILES string of the molecule is O=C(NCc1ccnc(OC2CCCC2)c1)Nc1cccc(N2CCCC2=O)c1. The largest absolute Gasteiger partial charge is 0.474 e. The molecule has 1 aliphatic carbocycles. The van der Waals surface area contributed by atoms with Crippen molar-refractivity contribution in [2.45, 2.75) is 51.2 Å². The Morgan fingerprint density at radius 2 is 2.03 bits per heavy atom. The molecule has 7 nitrogen and oxygen atoms in total. The van der Waals surface area contributed by atoms with Crippen LogP contribution in [0.1, 0.15) is 44.1 Å². The molecule has 1 aromatic carbocycles. The first-order valence-corrected chi connectivity index (χ1v) is 10.2. The summed E-state index contributed by atoms with van der Waals surface area (Å²) in [6, 6.07) is 10.8. The second kappa shape index (κ2) is 8.94. The van der Waals surface area contributed by atoms with Crippen LogP contribution in [0, 0.1) is 0 Å². The van der Waals surface area contributed by atoms with E-state index in [1.807, 2.05) is 36.4 Å². The normalized spacial score (nSPS) is 16.8. The molecule has 152 valence electrons. The van der Waals surface area contributed by atoms with Crippen LogP contribution < -0.4 is 20.3 Å². The first-order chi connectivity index (χ1) is 14.2. The Kier molecular flexibility index (Phi) is 5.93. The predicted octanol–water partition coefficient (Wildman–Crippen LogP) is 3.85. The standard InChI is InChI=1S/C22H26N4O3/c27-21-9-4-12-26(21)18-6-3-5-17(14-18)25-22(28)24-15-16-10-11-23-20(13-16)29-19-7-1-2-8-19/h3,5-6,10-11,13-14,19H,1-2,4,7-9,12,15H2,(H2,24,25,28). The number of nitrogens with zero attached hydrogens (tertiary/aromatic N) is 2. The maximum atomic E-state index is 12.3. The average Bonchev–Trinajstić information content (AvgIpc) is 3.38. The van der Waals surface area contributed by atoms with Gasteiger partial charge in [0.2, 0.25) is 11.8 Å². The fourth-order valence-corrected chi connectivity index (χ4v) is 3.83. The molecule has 1 saturated carbocycles. The molecule has 2 N–H and O–H groups in total. The van der Waals surface area contributed by atoms with E-state index >= 15 is 0 Å². The summed E-state index contributed by atoms with van der Waals surface area (Å²) in [5, 5.41) is 5.68. The number of carbonyl (C=O) groups is 2. The molecule has 2 fully saturated rings. The second-order valence-corrected chi connectivity index (χ2v) is 7.53. The quantitative estimate of drug-likeness (QED) is 0.779. The third-order valence-corrected chi connectivity index (χ3v) is 5.33. The molecule has 2 heterocycles. The molecule has 2 aliphatic rings. The monoisotopic (exact) mass is 394 g/mol. The van der Waals surface area contributed by atoms with Gasteiger partial charge in [-0.25, -0.2) is 9.78 Å². The predicted molar refractivity (Wildman–Crippen MR) is 111 cm³/mol. The number of urea groups is 1. The Labute approximate surface area is 170 Å². The second-order valence-electron chi connectivity index (χ2n) is 7.53. The van der Waals surface area contributed by atoms with Gasteiger partial charge in [-0.3, -0.25) is 4.79 Å². The highest BCUT2D eigenvalue weighted by Gasteiger charge is 2.22. The smallest absolute Gasteiger partial charge is 0.319 e. The Hall–Kier alpha value is -3.09. The molecule has 0 spiro atoms. The molecule has 29 heavy (non-hydrogen) atoms. The number of hydrogen-bond acceptors (Lipinski definition) is 4. The Balaban J connectivity index is 1.30. The van der Waals surface area contributed by atoms with Crippen LogP contribution in [0.3, 0.4) is 0 Å². The number of carbonyl (C=O) groups excluding carboxylic acids is 2. The van der Waals surface area contributed by atoms with E-state index in [1.54, 1.807) is 11.1 Å². The van der Waals surface area contributed by atoms with Gasteiger partial charge in [-0.1, -0.05) is 6.07 Å². The van der Waals surface area contributed by atoms with Crippen molar-refractivity contribution < 1.29 is 14.3 Å². The highest BCUT2D eigenvalue weighted by Crippen LogP contribution is 2.25. The molecule has 4 rings (SSSR count). The van der Waals surface area contributed by atoms with Crippen LogP contribution in [0.5, 0.6) is 5.88 Å². The topological polar surface area (TPSA) is 83.6 Å². The molecule has 1 aliphatic heterocycles. The molecule has 7 heteroatoms. The van der Waals surface area contributed by atoms with Crippen LogP contribution in [-0.2, 0) is 11.3 Å². The molecule has 0 bridgehead atoms. The van der Waals surface area contributed by atoms with Crippen LogP contribution in [0.4, 0.5) is 16.2 Å². The maximum absolute atomic E-state index is 12.3. The van der Waals surface area contributed by atoms with Gasteiger partial charge in [0.1, 0.15) is 6.10 Å². The molecule has 0 radical (unpaired) electrons. The van der Waals surface area contributed by atoms with E-state index < -0.39 is 0 Å². The van der Waals surface area contributed by atoms with Gasteiger partial charge < -0.3 is 20.3 Å². The summed E-state index contributed by atoms with van der Waals surface area (Å²) in [5.74, 6) is 0.736. The minimum Gasteiger partial charge on any atom is -0.474 e. The number of pyridine rings is 1. The number of nitrogens with one attached hydrogen (secondary N) is 2. The summed E-state index contributed by atoms with van der Waals surface area (Å²) in [5.41, 5.74) is 2.40. The zero-order valence-corrected chi connectivity index (χ0v) is 16.4. The van der Waals surface area contributed by atoms with E-state index in [0.717, 1.165) is 37.1 Å². The zero-order chi connectivity index (χ0) is 20.1. The van der Waals surface area contributed by atoms with Crippen molar-refractivity contribution in [2.75, 3.05) is 16.8 Å². The van der Waals surface area contributed by atoms with Crippen molar-refractivity contribution in [3.8, 4) is 5.88 Å². The zero-order valence-electron chi connectivity index (χ0n) is 16.4. The minimum absolute atomic E-state index is 0.125. The number of ether oxygens (including phenoxy) is 1. The fraction of sp³-hybridized carbons (Fsp3) is 0.409. The molecule has 2 aromatic rings. The number of amides is 3. The van der Waals surface area contributed by atoms with Gasteiger partial charge >= 0.3 is 6.03 Å². The van der Waals surface area contributed by atoms with Crippen molar-refractivity contribution in [3.05, 3.63) is 48.2 Å². The third-order valence-electron chi connectivity index (χ3n) is 5.33. The lowest BCUT2D eigenvalue weighted by atomic mass is 10.2. The van der Waals surface area contributed by atoms with Crippen LogP contribution >= 0.6 is 0 Å². The number of rotatable bonds is 6. The molecule has 0 unspecified atom stereocenters. The van der Waals surface area contributed by atoms with Crippen molar-refractivity contribution in [1.29, 1.82) is 0 Å². The van der Waals surface area contributed by atoms with E-state index in [0.29, 0.717) is 24.5 Å². The number of hydrogen-bond donors (Lipinski definition) is 2. The van der Waals surface area contributed by atoms with Crippen molar-refractivity contribution in [1.82, 2.24) is 10.3 Å². The van der Waals surface area contributed by atoms with Crippen molar-refractivity contribution in [2.24, 2.45) is 0 Å². The van der Waals surface area contributed by atoms with Gasteiger partial charge in [0, 0.05) is 43.1 Å². The van der Waals surface area contributed by atoms with Crippen molar-refractivity contribution >= 4 is 23.3 Å². The maximum Gasteiger partial charge on any atom is 0.319 e. The van der Waals surface area contributed by atoms with Gasteiger partial charge in [0.15, 0.2) is 0 Å². The Bertz CT molecular complexity index is 880. The Morgan fingerprint density at radius 1 is 1.17 bits per heavy atom. The van der Waals surface area contributed by atoms with E-state index in [4.69, 9.17) is 4.74 Å². The average molecular weight is 394 g/mol. The van der Waals surface area contributed by atoms with Crippen LogP contribution in [0.25, 0.3) is 0 Å². The van der Waals surface area contributed by atoms with E-state index in [-0.39, 0.29) is 18.0 Å². The summed E-state index contributed by atoms with van der Waals surface area (Å²) >= 11 is 0. The molecular formula is C22H26N4O3. The lowest BCUT2D eigenvalue weighted by Gasteiger charge is -2.17. The summed E-state index contributed by atoms with van der Waals surface area (Å²) in [6.07, 6.45) is 7.98. The molecule has 1 aromatic heterocycles. The lowest BCUT2D eigenvalue weighted by Crippen LogP contribution is -2.28. The first kappa shape index (κ1) is 19.2. The molecule has 3 amide bonds. The van der Waals surface area contributed by atoms with Gasteiger partial charge in [0.05, 0.1) is 0 Å².